The summed E-state index contributed by atoms with van der Waals surface area (Å²) in [6, 6.07) is -2.94. The Morgan fingerprint density at radius 3 is 1.21 bits per heavy atom. The molecule has 6 heterocycles. The number of hydrogen-bond donors (Lipinski definition) is 20. The molecule has 32 atom stereocenters. The van der Waals surface area contributed by atoms with Gasteiger partial charge >= 0.3 is 0 Å². The summed E-state index contributed by atoms with van der Waals surface area (Å²) in [5.74, 6) is -1.22. The van der Waals surface area contributed by atoms with Crippen molar-refractivity contribution in [2.45, 2.75) is 442 Å². The van der Waals surface area contributed by atoms with Gasteiger partial charge in [0.05, 0.1) is 57.9 Å². The number of amides is 2. The van der Waals surface area contributed by atoms with Crippen molar-refractivity contribution >= 4 is 11.8 Å². The third-order valence-corrected chi connectivity index (χ3v) is 22.9. The van der Waals surface area contributed by atoms with Gasteiger partial charge in [0.2, 0.25) is 11.8 Å². The molecule has 678 valence electrons. The summed E-state index contributed by atoms with van der Waals surface area (Å²) in [7, 11) is 0. The van der Waals surface area contributed by atoms with E-state index in [0.717, 1.165) is 58.3 Å². The van der Waals surface area contributed by atoms with Crippen molar-refractivity contribution < 1.29 is 158 Å². The number of carbonyl (C=O) groups is 2. The molecule has 6 fully saturated rings. The van der Waals surface area contributed by atoms with E-state index in [-0.39, 0.29) is 12.3 Å². The van der Waals surface area contributed by atoms with Gasteiger partial charge in [-0.15, -0.1) is 0 Å². The van der Waals surface area contributed by atoms with Crippen molar-refractivity contribution in [3.05, 3.63) is 24.3 Å². The first kappa shape index (κ1) is 102. The second kappa shape index (κ2) is 56.2. The molecular weight excluding hydrogens is 1520 g/mol. The monoisotopic (exact) mass is 1670 g/mol. The summed E-state index contributed by atoms with van der Waals surface area (Å²) in [6.45, 7) is 1.28. The molecule has 2 amide bonds. The van der Waals surface area contributed by atoms with Crippen LogP contribution >= 0.6 is 0 Å². The lowest BCUT2D eigenvalue weighted by Crippen LogP contribution is -2.70. The predicted octanol–water partition coefficient (Wildman–Crippen LogP) is 1.36. The Hall–Kier alpha value is -2.78. The van der Waals surface area contributed by atoms with Crippen molar-refractivity contribution in [1.29, 1.82) is 0 Å². The summed E-state index contributed by atoms with van der Waals surface area (Å²) in [6.07, 6.45) is -10.3. The molecule has 12 unspecified atom stereocenters. The number of unbranched alkanes of at least 4 members (excludes halogenated alkanes) is 30. The number of nitrogens with one attached hydrogen (secondary N) is 2. The second-order valence-electron chi connectivity index (χ2n) is 32.4. The topological polar surface area (TPSA) is 533 Å². The van der Waals surface area contributed by atoms with Gasteiger partial charge < -0.3 is 159 Å². The average Bonchev–Trinajstić information content (AvgIpc) is 0.766. The molecule has 116 heavy (non-hydrogen) atoms. The largest absolute Gasteiger partial charge is 0.394 e. The SMILES string of the molecule is CCCCCCCC/C=C\CCCCCCCCCCCCCCCC(=O)N[C@@H](CO[C@@H]1OC(CO)[C@@H](O[C@@H]2OC(CO)[C@H](O)[C@H](O[C@@H]3OC(CO)[C@@H](O[C@@H]4OC(CO)[C@H](O)[C@H](O[C@H]5OC(CO)[C@H](O)[C@H](O)C5O)C4O[C@H]4OC(C)[C@@H](O)C(O)[C@@H]4O)[C@H](O)C3NC(C)=O)C2O)[C@H](O)C1O)[C@H](O)/C=C/CCCCCCCCCCCCC. The van der Waals surface area contributed by atoms with Crippen LogP contribution in [0.2, 0.25) is 0 Å². The lowest BCUT2D eigenvalue weighted by atomic mass is 9.94. The maximum absolute atomic E-state index is 13.6. The number of hydrogen-bond acceptors (Lipinski definition) is 32. The molecule has 0 spiro atoms. The third kappa shape index (κ3) is 32.4. The summed E-state index contributed by atoms with van der Waals surface area (Å²) in [5.41, 5.74) is 0. The Morgan fingerprint density at radius 1 is 0.353 bits per heavy atom. The van der Waals surface area contributed by atoms with Crippen LogP contribution in [0.4, 0.5) is 0 Å². The highest BCUT2D eigenvalue weighted by atomic mass is 16.8. The minimum atomic E-state index is -2.21. The Kier molecular flexibility index (Phi) is 49.4. The van der Waals surface area contributed by atoms with Crippen LogP contribution in [-0.2, 0) is 66.4 Å². The van der Waals surface area contributed by atoms with Gasteiger partial charge in [-0.1, -0.05) is 205 Å². The van der Waals surface area contributed by atoms with Gasteiger partial charge in [-0.25, -0.2) is 0 Å². The van der Waals surface area contributed by atoms with Crippen LogP contribution in [0.25, 0.3) is 0 Å². The fraction of sp³-hybridized carbons (Fsp3) is 0.927. The molecular formula is C82H148N2O32. The molecule has 0 aromatic heterocycles. The zero-order valence-electron chi connectivity index (χ0n) is 68.8. The first-order valence-electron chi connectivity index (χ1n) is 43.5. The molecule has 0 saturated carbocycles. The van der Waals surface area contributed by atoms with E-state index in [2.05, 4.69) is 36.6 Å². The van der Waals surface area contributed by atoms with Crippen LogP contribution in [0.5, 0.6) is 0 Å². The number of aliphatic hydroxyl groups excluding tert-OH is 18. The number of ether oxygens (including phenoxy) is 12. The average molecular weight is 1670 g/mol. The van der Waals surface area contributed by atoms with Crippen molar-refractivity contribution in [1.82, 2.24) is 10.6 Å². The fourth-order valence-electron chi connectivity index (χ4n) is 15.7. The van der Waals surface area contributed by atoms with Gasteiger partial charge in [0, 0.05) is 13.3 Å². The highest BCUT2D eigenvalue weighted by molar-refractivity contribution is 5.76. The highest BCUT2D eigenvalue weighted by Gasteiger charge is 2.59. The summed E-state index contributed by atoms with van der Waals surface area (Å²) < 4.78 is 71.6. The molecule has 0 aromatic rings. The van der Waals surface area contributed by atoms with Crippen LogP contribution in [-0.4, -0.2) is 340 Å². The maximum atomic E-state index is 13.6. The smallest absolute Gasteiger partial charge is 0.220 e. The quantitative estimate of drug-likeness (QED) is 0.0302. The van der Waals surface area contributed by atoms with Gasteiger partial charge in [0.25, 0.3) is 0 Å². The highest BCUT2D eigenvalue weighted by Crippen LogP contribution is 2.39. The number of carbonyl (C=O) groups excluding carboxylic acids is 2. The van der Waals surface area contributed by atoms with Crippen molar-refractivity contribution in [2.75, 3.05) is 39.6 Å². The zero-order valence-corrected chi connectivity index (χ0v) is 68.8. The van der Waals surface area contributed by atoms with E-state index in [1.807, 2.05) is 6.08 Å². The molecule has 0 radical (unpaired) electrons. The minimum Gasteiger partial charge on any atom is -0.394 e. The van der Waals surface area contributed by atoms with E-state index < -0.39 is 242 Å². The first-order chi connectivity index (χ1) is 55.9. The standard InChI is InChI=1S/C82H148N2O32/c1-5-7-9-11-13-15-17-19-20-21-22-23-24-25-26-27-28-30-32-34-36-38-40-42-58(92)84-51(52(91)41-39-37-35-33-31-29-18-16-14-12-10-8-6-2)48-105-78-70(103)67(100)73(57(47-89)111-78)112-81-71(104)74(62(95)54(44-86)108-81)114-77-59(83-50(4)90)64(97)72(56(46-88)110-77)113-82-76(116-79-68(101)65(98)60(93)49(3)106-79)75(63(96)55(45-87)109-82)115-80-69(102)66(99)61(94)53(43-85)107-80/h19-20,39,41,49,51-57,59-82,85-89,91,93-104H,5-18,21-38,40,42-48H2,1-4H3,(H,83,90)(H,84,92)/b20-19-,41-39+/t49?,51-,52+,53?,54?,55?,56?,57?,59?,60+,61-,62-,63-,64+,65?,66-,67+,68-,69?,70?,71?,72+,73+,74-,75-,76?,77-,78+,79+,80+,81-,82-/m0/s1. The van der Waals surface area contributed by atoms with Gasteiger partial charge in [0.15, 0.2) is 37.7 Å². The van der Waals surface area contributed by atoms with Crippen LogP contribution in [0.3, 0.4) is 0 Å². The molecule has 6 aliphatic heterocycles. The van der Waals surface area contributed by atoms with Crippen LogP contribution in [0.1, 0.15) is 246 Å². The summed E-state index contributed by atoms with van der Waals surface area (Å²) in [5, 5.41) is 206. The molecule has 0 bridgehead atoms. The summed E-state index contributed by atoms with van der Waals surface area (Å²) in [4.78, 5) is 26.7. The molecule has 6 aliphatic rings. The molecule has 6 rings (SSSR count). The van der Waals surface area contributed by atoms with E-state index >= 15 is 0 Å². The fourth-order valence-corrected chi connectivity index (χ4v) is 15.7. The van der Waals surface area contributed by atoms with Gasteiger partial charge in [-0.2, -0.15) is 0 Å². The van der Waals surface area contributed by atoms with E-state index in [1.165, 1.54) is 155 Å². The van der Waals surface area contributed by atoms with Gasteiger partial charge in [-0.3, -0.25) is 9.59 Å². The van der Waals surface area contributed by atoms with Gasteiger partial charge in [-0.05, 0) is 51.9 Å². The molecule has 34 nitrogen and oxygen atoms in total. The maximum Gasteiger partial charge on any atom is 0.220 e. The van der Waals surface area contributed by atoms with Crippen molar-refractivity contribution in [3.63, 3.8) is 0 Å². The lowest BCUT2D eigenvalue weighted by Gasteiger charge is -2.51. The van der Waals surface area contributed by atoms with Crippen LogP contribution < -0.4 is 10.6 Å². The van der Waals surface area contributed by atoms with Crippen LogP contribution in [0, 0.1) is 0 Å². The normalized spacial score (nSPS) is 36.5. The van der Waals surface area contributed by atoms with E-state index in [4.69, 9.17) is 56.8 Å². The summed E-state index contributed by atoms with van der Waals surface area (Å²) >= 11 is 0. The lowest BCUT2D eigenvalue weighted by molar-refractivity contribution is -0.405. The second-order valence-corrected chi connectivity index (χ2v) is 32.4. The van der Waals surface area contributed by atoms with Crippen LogP contribution in [0.15, 0.2) is 24.3 Å². The number of allylic oxidation sites excluding steroid dienone is 3. The number of aliphatic hydroxyl groups is 18. The van der Waals surface area contributed by atoms with E-state index in [0.29, 0.717) is 12.8 Å². The Morgan fingerprint density at radius 2 is 0.716 bits per heavy atom. The minimum absolute atomic E-state index is 0.174. The van der Waals surface area contributed by atoms with E-state index in [1.54, 1.807) is 6.08 Å². The Bertz CT molecular complexity index is 2650. The molecule has 0 aliphatic carbocycles. The molecule has 6 saturated heterocycles. The van der Waals surface area contributed by atoms with Gasteiger partial charge in [0.1, 0.15) is 140 Å². The van der Waals surface area contributed by atoms with E-state index in [9.17, 15) is 102 Å². The van der Waals surface area contributed by atoms with Crippen molar-refractivity contribution in [2.24, 2.45) is 0 Å². The van der Waals surface area contributed by atoms with Crippen molar-refractivity contribution in [3.8, 4) is 0 Å². The molecule has 20 N–H and O–H groups in total. The molecule has 34 heteroatoms. The zero-order chi connectivity index (χ0) is 84.6. The molecule has 0 aromatic carbocycles. The Labute approximate surface area is 684 Å². The first-order valence-corrected chi connectivity index (χ1v) is 43.5. The Balaban J connectivity index is 1.07. The third-order valence-electron chi connectivity index (χ3n) is 22.9. The predicted molar refractivity (Wildman–Crippen MR) is 418 cm³/mol. The number of rotatable bonds is 57.